The molecule has 0 saturated heterocycles. The lowest BCUT2D eigenvalue weighted by Crippen LogP contribution is -2.51. The molecule has 1 aliphatic carbocycles. The third kappa shape index (κ3) is 6.71. The minimum atomic E-state index is -1.57. The van der Waals surface area contributed by atoms with E-state index in [1.54, 1.807) is 0 Å². The van der Waals surface area contributed by atoms with E-state index in [2.05, 4.69) is 192 Å². The van der Waals surface area contributed by atoms with Crippen LogP contribution in [0.4, 0.5) is 0 Å². The van der Waals surface area contributed by atoms with Crippen LogP contribution >= 0.6 is 12.2 Å². The van der Waals surface area contributed by atoms with Crippen molar-refractivity contribution in [2.75, 3.05) is 0 Å². The van der Waals surface area contributed by atoms with Crippen LogP contribution in [0.15, 0.2) is 194 Å². The molecule has 0 saturated carbocycles. The summed E-state index contributed by atoms with van der Waals surface area (Å²) >= 11 is 5.37. The van der Waals surface area contributed by atoms with Crippen molar-refractivity contribution in [3.63, 3.8) is 0 Å². The first-order valence-electron chi connectivity index (χ1n) is 15.8. The second kappa shape index (κ2) is 15.0. The van der Waals surface area contributed by atoms with Crippen molar-refractivity contribution < 1.29 is 0 Å². The molecule has 0 spiro atoms. The fourth-order valence-corrected chi connectivity index (χ4v) is 10.1. The number of hydrogen-bond donors (Lipinski definition) is 0. The zero-order chi connectivity index (χ0) is 31.6. The van der Waals surface area contributed by atoms with Gasteiger partial charge >= 0.3 is 0 Å². The van der Waals surface area contributed by atoms with Crippen molar-refractivity contribution in [2.45, 2.75) is 18.1 Å². The molecule has 0 fully saturated rings. The van der Waals surface area contributed by atoms with E-state index in [1.165, 1.54) is 32.7 Å². The molecule has 224 valence electrons. The average molecular weight is 629 g/mol. The molecule has 1 atom stereocenters. The molecule has 46 heavy (non-hydrogen) atoms. The van der Waals surface area contributed by atoms with Gasteiger partial charge in [0.15, 0.2) is 0 Å². The van der Waals surface area contributed by atoms with Gasteiger partial charge in [-0.2, -0.15) is 0 Å². The molecular formula is C41H37BN2SSi. The molecule has 1 unspecified atom stereocenters. The summed E-state index contributed by atoms with van der Waals surface area (Å²) in [5.74, 6) is 0. The molecule has 1 heterocycles. The molecule has 5 aromatic carbocycles. The third-order valence-corrected chi connectivity index (χ3v) is 12.8. The van der Waals surface area contributed by atoms with Gasteiger partial charge in [-0.15, -0.1) is 0 Å². The minimum Gasteiger partial charge on any atom is -0.326 e. The zero-order valence-corrected chi connectivity index (χ0v) is 28.0. The first kappa shape index (κ1) is 31.2. The fourth-order valence-electron chi connectivity index (χ4n) is 6.66. The van der Waals surface area contributed by atoms with E-state index in [1.807, 2.05) is 12.5 Å². The van der Waals surface area contributed by atoms with Gasteiger partial charge in [0.25, 0.3) is 0 Å². The summed E-state index contributed by atoms with van der Waals surface area (Å²) < 4.78 is 2.30. The maximum absolute atomic E-state index is 5.37. The van der Waals surface area contributed by atoms with Crippen LogP contribution in [0.25, 0.3) is 0 Å². The van der Waals surface area contributed by atoms with Crippen molar-refractivity contribution >= 4 is 49.0 Å². The topological polar surface area (TPSA) is 17.8 Å². The van der Waals surface area contributed by atoms with Crippen LogP contribution in [0.3, 0.4) is 0 Å². The van der Waals surface area contributed by atoms with Gasteiger partial charge in [0.2, 0.25) is 6.71 Å². The molecule has 5 heteroatoms. The van der Waals surface area contributed by atoms with E-state index < -0.39 is 8.80 Å². The van der Waals surface area contributed by atoms with E-state index in [0.29, 0.717) is 6.71 Å². The van der Waals surface area contributed by atoms with Gasteiger partial charge in [0.05, 0.1) is 11.5 Å². The van der Waals surface area contributed by atoms with E-state index in [0.717, 1.165) is 11.3 Å². The normalized spacial score (nSPS) is 13.2. The molecular weight excluding hydrogens is 591 g/mol. The second-order valence-electron chi connectivity index (χ2n) is 11.6. The Morgan fingerprint density at radius 1 is 0.630 bits per heavy atom. The predicted octanol–water partition coefficient (Wildman–Crippen LogP) is 7.07. The molecule has 0 bridgehead atoms. The van der Waals surface area contributed by atoms with Crippen molar-refractivity contribution in [3.05, 3.63) is 205 Å². The summed E-state index contributed by atoms with van der Waals surface area (Å²) in [6, 6.07) is 53.7. The van der Waals surface area contributed by atoms with Crippen LogP contribution < -0.4 is 16.4 Å². The molecule has 0 amide bonds. The highest BCUT2D eigenvalue weighted by molar-refractivity contribution is 7.80. The lowest BCUT2D eigenvalue weighted by atomic mass is 9.37. The molecule has 1 aliphatic rings. The number of imidazole rings is 1. The highest BCUT2D eigenvalue weighted by Crippen LogP contribution is 2.39. The zero-order valence-electron chi connectivity index (χ0n) is 26.1. The maximum atomic E-state index is 5.37. The minimum absolute atomic E-state index is 0.256. The van der Waals surface area contributed by atoms with Crippen molar-refractivity contribution in [2.24, 2.45) is 0 Å². The van der Waals surface area contributed by atoms with Gasteiger partial charge in [-0.25, -0.2) is 4.98 Å². The summed E-state index contributed by atoms with van der Waals surface area (Å²) in [6.45, 7) is 2.74. The van der Waals surface area contributed by atoms with Gasteiger partial charge < -0.3 is 4.57 Å². The van der Waals surface area contributed by atoms with Gasteiger partial charge in [-0.3, -0.25) is 0 Å². The van der Waals surface area contributed by atoms with E-state index in [-0.39, 0.29) is 5.16 Å². The molecule has 0 N–H and O–H groups in total. The molecule has 1 aromatic heterocycles. The van der Waals surface area contributed by atoms with Crippen molar-refractivity contribution in [1.82, 2.24) is 9.55 Å². The number of thiocarbonyl (C=S) groups is 1. The standard InChI is InChI=1S/C23H22N2SSi.C18H15B/c1-27(22-14-12-21(26)13-15-22)23(25-17-16-24-18-25,19-8-4-2-5-9-19)20-10-6-3-7-11-20;1-4-10-16(11-5-1)19(17-12-6-2-7-13-17)18-14-8-3-9-15-18/h2-12,14-18,27H,13H2,1H3;1-15H. The largest absolute Gasteiger partial charge is 0.326 e. The van der Waals surface area contributed by atoms with E-state index >= 15 is 0 Å². The van der Waals surface area contributed by atoms with Crippen LogP contribution in [0, 0.1) is 0 Å². The first-order chi connectivity index (χ1) is 22.7. The molecule has 0 radical (unpaired) electrons. The summed E-state index contributed by atoms with van der Waals surface area (Å²) in [7, 11) is -1.57. The summed E-state index contributed by atoms with van der Waals surface area (Å²) in [4.78, 5) is 5.41. The number of hydrogen-bond acceptors (Lipinski definition) is 2. The Kier molecular flexibility index (Phi) is 10.1. The first-order valence-corrected chi connectivity index (χ1v) is 18.5. The van der Waals surface area contributed by atoms with Crippen molar-refractivity contribution in [1.29, 1.82) is 0 Å². The molecule has 2 nitrogen and oxygen atoms in total. The number of allylic oxidation sites excluding steroid dienone is 4. The van der Waals surface area contributed by atoms with Gasteiger partial charge in [-0.05, 0) is 17.2 Å². The van der Waals surface area contributed by atoms with Gasteiger partial charge in [0.1, 0.15) is 8.80 Å². The highest BCUT2D eigenvalue weighted by atomic mass is 32.1. The molecule has 7 rings (SSSR count). The Morgan fingerprint density at radius 3 is 1.43 bits per heavy atom. The lowest BCUT2D eigenvalue weighted by Gasteiger charge is -2.42. The highest BCUT2D eigenvalue weighted by Gasteiger charge is 2.43. The van der Waals surface area contributed by atoms with Gasteiger partial charge in [-0.1, -0.05) is 204 Å². The Hall–Kier alpha value is -4.84. The SMILES string of the molecule is C[SiH](C1=CCC(=S)C=C1)C(c1ccccc1)(c1ccccc1)n1ccnc1.c1ccc(B(c2ccccc2)c2ccccc2)cc1. The summed E-state index contributed by atoms with van der Waals surface area (Å²) in [5.41, 5.74) is 6.60. The van der Waals surface area contributed by atoms with Crippen LogP contribution in [0.5, 0.6) is 0 Å². The third-order valence-electron chi connectivity index (χ3n) is 8.87. The summed E-state index contributed by atoms with van der Waals surface area (Å²) in [5, 5.41) is 1.18. The fraction of sp³-hybridized carbons (Fsp3) is 0.0732. The molecule has 0 aliphatic heterocycles. The smallest absolute Gasteiger partial charge is 0.241 e. The average Bonchev–Trinajstić information content (AvgIpc) is 3.67. The number of nitrogens with zero attached hydrogens (tertiary/aromatic N) is 2. The Labute approximate surface area is 280 Å². The Morgan fingerprint density at radius 2 is 1.07 bits per heavy atom. The Balaban J connectivity index is 0.000000172. The monoisotopic (exact) mass is 628 g/mol. The Bertz CT molecular complexity index is 1740. The molecule has 6 aromatic rings. The number of aromatic nitrogens is 2. The predicted molar refractivity (Wildman–Crippen MR) is 203 cm³/mol. The van der Waals surface area contributed by atoms with Crippen molar-refractivity contribution in [3.8, 4) is 0 Å². The van der Waals surface area contributed by atoms with E-state index in [4.69, 9.17) is 12.2 Å². The number of rotatable bonds is 8. The quantitative estimate of drug-likeness (QED) is 0.133. The van der Waals surface area contributed by atoms with Crippen LogP contribution in [0.1, 0.15) is 17.5 Å². The number of benzene rings is 5. The van der Waals surface area contributed by atoms with Crippen LogP contribution in [-0.4, -0.2) is 29.9 Å². The second-order valence-corrected chi connectivity index (χ2v) is 15.0. The summed E-state index contributed by atoms with van der Waals surface area (Å²) in [6.07, 6.45) is 13.5. The van der Waals surface area contributed by atoms with Crippen LogP contribution in [-0.2, 0) is 5.16 Å². The van der Waals surface area contributed by atoms with Crippen LogP contribution in [0.2, 0.25) is 6.55 Å². The lowest BCUT2D eigenvalue weighted by molar-refractivity contribution is 0.586. The van der Waals surface area contributed by atoms with Gasteiger partial charge in [0, 0.05) is 23.7 Å². The van der Waals surface area contributed by atoms with E-state index in [9.17, 15) is 0 Å². The maximum Gasteiger partial charge on any atom is 0.241 e.